The first-order chi connectivity index (χ1) is 24.6. The van der Waals surface area contributed by atoms with E-state index >= 15 is 0 Å². The zero-order valence-corrected chi connectivity index (χ0v) is 33.3. The van der Waals surface area contributed by atoms with Crippen LogP contribution in [0.2, 0.25) is 0 Å². The number of ketones is 6. The van der Waals surface area contributed by atoms with E-state index in [0.717, 1.165) is 41.1 Å². The third kappa shape index (κ3) is 13.0. The van der Waals surface area contributed by atoms with Gasteiger partial charge in [0.05, 0.1) is 0 Å². The third-order valence-electron chi connectivity index (χ3n) is 7.39. The molecule has 0 saturated heterocycles. The highest BCUT2D eigenvalue weighted by molar-refractivity contribution is 7.59. The van der Waals surface area contributed by atoms with Crippen LogP contribution in [0.25, 0.3) is 0 Å². The van der Waals surface area contributed by atoms with Crippen molar-refractivity contribution in [2.24, 2.45) is 4.91 Å². The Morgan fingerprint density at radius 2 is 0.774 bits per heavy atom. The molecule has 6 unspecified atom stereocenters. The van der Waals surface area contributed by atoms with Gasteiger partial charge in [-0.15, -0.1) is 9.58 Å². The number of nitrogens with zero attached hydrogens (tertiary/aromatic N) is 4. The molecule has 0 rings (SSSR count). The summed E-state index contributed by atoms with van der Waals surface area (Å²) in [5.74, 6) is -4.00. The van der Waals surface area contributed by atoms with E-state index in [-0.39, 0.29) is 0 Å². The molecule has 0 saturated carbocycles. The summed E-state index contributed by atoms with van der Waals surface area (Å²) in [4.78, 5) is 88.5. The van der Waals surface area contributed by atoms with Crippen LogP contribution in [0.3, 0.4) is 0 Å². The van der Waals surface area contributed by atoms with Gasteiger partial charge in [0.1, 0.15) is 36.6 Å². The first kappa shape index (κ1) is 49.3. The standard InChI is InChI=1S/C36H55N4O12P/c1-17-29(41)23(7)47-35(48-24(8)30(42)18-2)40(53(38(13)14,39(15)16)37-52-28(12)34(46)22-6)36(49-25(9)31(43)19-3,50-26(10)32(44)20-4)51-27(11)33(45)21-5/h17-28,35H,1-6H2,7-16H3. The molecule has 0 aromatic rings. The van der Waals surface area contributed by atoms with E-state index in [2.05, 4.69) is 44.4 Å². The first-order valence-corrected chi connectivity index (χ1v) is 18.0. The lowest BCUT2D eigenvalue weighted by Crippen LogP contribution is -2.65. The van der Waals surface area contributed by atoms with Crippen molar-refractivity contribution in [1.82, 2.24) is 14.0 Å². The highest BCUT2D eigenvalue weighted by atomic mass is 31.2. The van der Waals surface area contributed by atoms with Crippen LogP contribution in [-0.2, 0) is 57.3 Å². The Morgan fingerprint density at radius 1 is 0.509 bits per heavy atom. The van der Waals surface area contributed by atoms with Crippen LogP contribution in [0, 0.1) is 0 Å². The van der Waals surface area contributed by atoms with Crippen molar-refractivity contribution < 1.29 is 57.3 Å². The van der Waals surface area contributed by atoms with Gasteiger partial charge < -0.3 is 23.7 Å². The van der Waals surface area contributed by atoms with E-state index in [1.54, 1.807) is 0 Å². The molecule has 0 aromatic carbocycles. The third-order valence-corrected chi connectivity index (χ3v) is 10.9. The van der Waals surface area contributed by atoms with Crippen molar-refractivity contribution in [3.8, 4) is 0 Å². The van der Waals surface area contributed by atoms with E-state index < -0.39 is 91.3 Å². The van der Waals surface area contributed by atoms with Gasteiger partial charge in [0, 0.05) is 0 Å². The average Bonchev–Trinajstić information content (AvgIpc) is 3.12. The summed E-state index contributed by atoms with van der Waals surface area (Å²) < 4.78 is 35.6. The number of hydrogen-bond donors (Lipinski definition) is 0. The number of rotatable bonds is 29. The Kier molecular flexibility index (Phi) is 21.0. The molecule has 0 aliphatic heterocycles. The Hall–Kier alpha value is -3.67. The summed E-state index contributed by atoms with van der Waals surface area (Å²) >= 11 is 0. The maximum absolute atomic E-state index is 13.2. The van der Waals surface area contributed by atoms with Gasteiger partial charge in [-0.25, -0.2) is 14.2 Å². The predicted octanol–water partition coefficient (Wildman–Crippen LogP) is 4.13. The highest BCUT2D eigenvalue weighted by Crippen LogP contribution is 2.62. The first-order valence-electron chi connectivity index (χ1n) is 16.4. The zero-order valence-electron chi connectivity index (χ0n) is 32.4. The fourth-order valence-corrected chi connectivity index (χ4v) is 7.21. The summed E-state index contributed by atoms with van der Waals surface area (Å²) in [6.07, 6.45) is -7.79. The molecule has 16 nitrogen and oxygen atoms in total. The smallest absolute Gasteiger partial charge is 0.328 e. The zero-order chi connectivity index (χ0) is 41.4. The van der Waals surface area contributed by atoms with Crippen LogP contribution in [0.1, 0.15) is 41.5 Å². The summed E-state index contributed by atoms with van der Waals surface area (Å²) in [5.41, 5.74) is 0. The lowest BCUT2D eigenvalue weighted by atomic mass is 10.2. The van der Waals surface area contributed by atoms with Crippen LogP contribution in [0.15, 0.2) is 80.8 Å². The lowest BCUT2D eigenvalue weighted by molar-refractivity contribution is -0.476. The molecule has 0 aliphatic carbocycles. The van der Waals surface area contributed by atoms with Crippen LogP contribution in [0.5, 0.6) is 0 Å². The van der Waals surface area contributed by atoms with Crippen LogP contribution in [0.4, 0.5) is 0 Å². The van der Waals surface area contributed by atoms with Crippen molar-refractivity contribution >= 4 is 42.2 Å². The molecule has 17 heteroatoms. The molecule has 0 bridgehead atoms. The second-order valence-electron chi connectivity index (χ2n) is 11.7. The van der Waals surface area contributed by atoms with Crippen LogP contribution >= 0.6 is 7.51 Å². The SMILES string of the molecule is C=CC(=O)C(C)ON=P(N(C)C)(N(C)C)N(C(OC(C)C(=O)C=C)OC(C)C(=O)C=C)C(OC(C)C(=O)C=C)(OC(C)C(=O)C=C)OC(C)C(=O)C=C. The number of ether oxygens (including phenoxy) is 5. The molecular formula is C36H55N4O12P. The van der Waals surface area contributed by atoms with Gasteiger partial charge in [-0.05, 0) is 106 Å². The molecule has 296 valence electrons. The van der Waals surface area contributed by atoms with E-state index in [9.17, 15) is 28.8 Å². The van der Waals surface area contributed by atoms with Crippen molar-refractivity contribution in [3.63, 3.8) is 0 Å². The second kappa shape index (κ2) is 22.5. The van der Waals surface area contributed by atoms with Crippen molar-refractivity contribution in [1.29, 1.82) is 0 Å². The number of carbonyl (C=O) groups excluding carboxylic acids is 6. The summed E-state index contributed by atoms with van der Waals surface area (Å²) in [5, 5.41) is 0. The van der Waals surface area contributed by atoms with Gasteiger partial charge in [-0.2, -0.15) is 0 Å². The average molecular weight is 767 g/mol. The molecule has 6 atom stereocenters. The Labute approximate surface area is 312 Å². The minimum Gasteiger partial charge on any atom is -0.328 e. The highest BCUT2D eigenvalue weighted by Gasteiger charge is 2.60. The van der Waals surface area contributed by atoms with Gasteiger partial charge >= 0.3 is 6.10 Å². The maximum Gasteiger partial charge on any atom is 0.366 e. The molecule has 0 radical (unpaired) electrons. The van der Waals surface area contributed by atoms with Crippen molar-refractivity contribution in [2.75, 3.05) is 28.2 Å². The Balaban J connectivity index is 9.23. The monoisotopic (exact) mass is 766 g/mol. The van der Waals surface area contributed by atoms with Crippen molar-refractivity contribution in [2.45, 2.75) is 90.7 Å². The number of carbonyl (C=O) groups is 6. The molecule has 0 fully saturated rings. The van der Waals surface area contributed by atoms with E-state index in [4.69, 9.17) is 28.5 Å². The van der Waals surface area contributed by atoms with Gasteiger partial charge in [0.25, 0.3) is 0 Å². The molecule has 0 aromatic heterocycles. The maximum atomic E-state index is 13.2. The summed E-state index contributed by atoms with van der Waals surface area (Å²) in [6.45, 7) is 29.1. The fourth-order valence-electron chi connectivity index (χ4n) is 4.25. The largest absolute Gasteiger partial charge is 0.366 e. The van der Waals surface area contributed by atoms with Gasteiger partial charge in [-0.3, -0.25) is 28.8 Å². The summed E-state index contributed by atoms with van der Waals surface area (Å²) in [6, 6.07) is 0. The van der Waals surface area contributed by atoms with E-state index in [1.807, 2.05) is 0 Å². The number of hydrogen-bond acceptors (Lipinski definition) is 13. The quantitative estimate of drug-likeness (QED) is 0.0459. The van der Waals surface area contributed by atoms with Gasteiger partial charge in [-0.1, -0.05) is 39.5 Å². The van der Waals surface area contributed by atoms with Crippen LogP contribution in [-0.4, -0.2) is 126 Å². The lowest BCUT2D eigenvalue weighted by Gasteiger charge is -2.53. The van der Waals surface area contributed by atoms with Crippen molar-refractivity contribution in [3.05, 3.63) is 75.9 Å². The van der Waals surface area contributed by atoms with Gasteiger partial charge in [0.2, 0.25) is 13.9 Å². The van der Waals surface area contributed by atoms with E-state index in [1.165, 1.54) is 79.1 Å². The molecule has 0 aliphatic rings. The van der Waals surface area contributed by atoms with Gasteiger partial charge in [0.15, 0.2) is 34.7 Å². The molecule has 0 N–H and O–H groups in total. The fraction of sp³-hybridized carbons (Fsp3) is 0.500. The Bertz CT molecular complexity index is 1370. The minimum atomic E-state index is -4.10. The normalized spacial score (nSPS) is 16.8. The topological polar surface area (TPSA) is 180 Å². The molecule has 53 heavy (non-hydrogen) atoms. The summed E-state index contributed by atoms with van der Waals surface area (Å²) in [7, 11) is 2.01. The van der Waals surface area contributed by atoms with Crippen LogP contribution < -0.4 is 0 Å². The van der Waals surface area contributed by atoms with E-state index in [0.29, 0.717) is 0 Å². The molecular weight excluding hydrogens is 711 g/mol. The Morgan fingerprint density at radius 3 is 1.04 bits per heavy atom. The molecule has 0 spiro atoms. The predicted molar refractivity (Wildman–Crippen MR) is 200 cm³/mol. The molecule has 0 amide bonds. The second-order valence-corrected chi connectivity index (χ2v) is 15.0. The molecule has 0 heterocycles. The minimum absolute atomic E-state index is 0.564.